The molecule has 1 atom stereocenters. The van der Waals surface area contributed by atoms with Crippen LogP contribution < -0.4 is 5.32 Å². The smallest absolute Gasteiger partial charge is 0.226 e. The third-order valence-electron chi connectivity index (χ3n) is 4.42. The topological polar surface area (TPSA) is 46.4 Å². The van der Waals surface area contributed by atoms with Crippen molar-refractivity contribution in [1.29, 1.82) is 0 Å². The molecule has 23 heavy (non-hydrogen) atoms. The van der Waals surface area contributed by atoms with Crippen molar-refractivity contribution in [2.75, 3.05) is 0 Å². The van der Waals surface area contributed by atoms with Gasteiger partial charge in [0.05, 0.1) is 18.2 Å². The van der Waals surface area contributed by atoms with Crippen molar-refractivity contribution in [2.24, 2.45) is 5.92 Å². The summed E-state index contributed by atoms with van der Waals surface area (Å²) in [5.74, 6) is 0.626. The Labute approximate surface area is 139 Å². The van der Waals surface area contributed by atoms with E-state index < -0.39 is 0 Å². The van der Waals surface area contributed by atoms with E-state index >= 15 is 0 Å². The van der Waals surface area contributed by atoms with Crippen LogP contribution >= 0.6 is 11.3 Å². The van der Waals surface area contributed by atoms with Crippen LogP contribution in [0.3, 0.4) is 0 Å². The van der Waals surface area contributed by atoms with Gasteiger partial charge < -0.3 is 5.32 Å². The molecule has 1 amide bonds. The van der Waals surface area contributed by atoms with Gasteiger partial charge in [-0.1, -0.05) is 24.3 Å². The normalized spacial score (nSPS) is 15.7. The van der Waals surface area contributed by atoms with E-state index in [1.807, 2.05) is 34.3 Å². The lowest BCUT2D eigenvalue weighted by Crippen LogP contribution is -2.31. The molecule has 1 fully saturated rings. The molecular weight excluding hydrogens is 306 g/mol. The highest BCUT2D eigenvalue weighted by Crippen LogP contribution is 2.41. The predicted molar refractivity (Wildman–Crippen MR) is 91.6 cm³/mol. The zero-order chi connectivity index (χ0) is 15.8. The highest BCUT2D eigenvalue weighted by Gasteiger charge is 2.34. The highest BCUT2D eigenvalue weighted by molar-refractivity contribution is 7.15. The molecule has 3 aromatic rings. The largest absolute Gasteiger partial charge is 0.349 e. The van der Waals surface area contributed by atoms with Gasteiger partial charge in [-0.25, -0.2) is 4.98 Å². The Morgan fingerprint density at radius 3 is 3.00 bits per heavy atom. The van der Waals surface area contributed by atoms with Gasteiger partial charge in [-0.05, 0) is 36.8 Å². The van der Waals surface area contributed by atoms with E-state index in [2.05, 4.69) is 29.4 Å². The van der Waals surface area contributed by atoms with E-state index in [0.29, 0.717) is 12.3 Å². The molecule has 0 bridgehead atoms. The molecule has 0 spiro atoms. The summed E-state index contributed by atoms with van der Waals surface area (Å²) in [6.45, 7) is 2.11. The number of hydrogen-bond acceptors (Lipinski definition) is 3. The molecule has 2 aromatic heterocycles. The number of rotatable bonds is 5. The molecule has 1 aliphatic carbocycles. The van der Waals surface area contributed by atoms with E-state index in [1.165, 1.54) is 24.0 Å². The number of aromatic nitrogens is 2. The lowest BCUT2D eigenvalue weighted by molar-refractivity contribution is -0.121. The molecule has 1 aromatic carbocycles. The van der Waals surface area contributed by atoms with Crippen LogP contribution in [0, 0.1) is 12.8 Å². The maximum absolute atomic E-state index is 12.5. The fraction of sp³-hybridized carbons (Fsp3) is 0.333. The van der Waals surface area contributed by atoms with Crippen LogP contribution in [0.2, 0.25) is 0 Å². The van der Waals surface area contributed by atoms with Gasteiger partial charge in [0.1, 0.15) is 0 Å². The summed E-state index contributed by atoms with van der Waals surface area (Å²) >= 11 is 1.58. The number of fused-ring (bicyclic) bond motifs is 1. The van der Waals surface area contributed by atoms with Crippen LogP contribution in [0.25, 0.3) is 4.96 Å². The number of imidazole rings is 1. The molecule has 4 nitrogen and oxygen atoms in total. The monoisotopic (exact) mass is 325 g/mol. The quantitative estimate of drug-likeness (QED) is 0.780. The van der Waals surface area contributed by atoms with Crippen molar-refractivity contribution in [3.63, 3.8) is 0 Å². The predicted octanol–water partition coefficient (Wildman–Crippen LogP) is 3.51. The Hall–Kier alpha value is -2.14. The van der Waals surface area contributed by atoms with Crippen LogP contribution in [0.5, 0.6) is 0 Å². The van der Waals surface area contributed by atoms with Crippen molar-refractivity contribution in [2.45, 2.75) is 32.2 Å². The van der Waals surface area contributed by atoms with Gasteiger partial charge in [-0.3, -0.25) is 9.20 Å². The van der Waals surface area contributed by atoms with E-state index in [0.717, 1.165) is 10.7 Å². The number of nitrogens with one attached hydrogen (secondary N) is 1. The number of thiazole rings is 1. The molecule has 1 unspecified atom stereocenters. The minimum Gasteiger partial charge on any atom is -0.349 e. The first kappa shape index (κ1) is 14.5. The molecule has 1 N–H and O–H groups in total. The standard InChI is InChI=1S/C18H19N3OS/c1-12-4-2-3-5-15(12)17(13-6-7-13)20-16(22)10-14-11-21-8-9-23-18(21)19-14/h2-5,8-9,11,13,17H,6-7,10H2,1H3,(H,20,22). The Balaban J connectivity index is 1.49. The molecule has 1 saturated carbocycles. The first-order valence-electron chi connectivity index (χ1n) is 7.96. The summed E-state index contributed by atoms with van der Waals surface area (Å²) in [6, 6.07) is 8.47. The summed E-state index contributed by atoms with van der Waals surface area (Å²) in [6.07, 6.45) is 6.63. The summed E-state index contributed by atoms with van der Waals surface area (Å²) in [7, 11) is 0. The molecule has 5 heteroatoms. The summed E-state index contributed by atoms with van der Waals surface area (Å²) < 4.78 is 1.97. The Bertz CT molecular complexity index is 818. The Morgan fingerprint density at radius 1 is 1.43 bits per heavy atom. The lowest BCUT2D eigenvalue weighted by Gasteiger charge is -2.20. The summed E-state index contributed by atoms with van der Waals surface area (Å²) in [5, 5.41) is 5.23. The molecule has 0 saturated heterocycles. The van der Waals surface area contributed by atoms with Crippen molar-refractivity contribution >= 4 is 22.2 Å². The minimum atomic E-state index is 0.0518. The van der Waals surface area contributed by atoms with E-state index in [9.17, 15) is 4.79 Å². The van der Waals surface area contributed by atoms with Gasteiger partial charge in [0.25, 0.3) is 0 Å². The summed E-state index contributed by atoms with van der Waals surface area (Å²) in [5.41, 5.74) is 3.31. The zero-order valence-electron chi connectivity index (χ0n) is 13.0. The van der Waals surface area contributed by atoms with Gasteiger partial charge in [0.15, 0.2) is 4.96 Å². The molecule has 118 valence electrons. The molecule has 0 aliphatic heterocycles. The van der Waals surface area contributed by atoms with Gasteiger partial charge in [-0.2, -0.15) is 0 Å². The maximum atomic E-state index is 12.5. The van der Waals surface area contributed by atoms with Gasteiger partial charge in [0.2, 0.25) is 5.91 Å². The Kier molecular flexibility index (Phi) is 3.65. The number of aryl methyl sites for hydroxylation is 1. The molecule has 2 heterocycles. The minimum absolute atomic E-state index is 0.0518. The van der Waals surface area contributed by atoms with Crippen molar-refractivity contribution in [3.8, 4) is 0 Å². The second-order valence-corrected chi connectivity index (χ2v) is 7.11. The number of hydrogen-bond donors (Lipinski definition) is 1. The highest BCUT2D eigenvalue weighted by atomic mass is 32.1. The van der Waals surface area contributed by atoms with Crippen molar-refractivity contribution in [3.05, 3.63) is 58.9 Å². The van der Waals surface area contributed by atoms with Gasteiger partial charge >= 0.3 is 0 Å². The van der Waals surface area contributed by atoms with E-state index in [4.69, 9.17) is 0 Å². The first-order valence-corrected chi connectivity index (χ1v) is 8.84. The fourth-order valence-electron chi connectivity index (χ4n) is 3.07. The Morgan fingerprint density at radius 2 is 2.26 bits per heavy atom. The average Bonchev–Trinajstić information content (AvgIpc) is 3.16. The molecule has 0 radical (unpaired) electrons. The third kappa shape index (κ3) is 3.01. The second kappa shape index (κ2) is 5.81. The van der Waals surface area contributed by atoms with Crippen LogP contribution in [-0.4, -0.2) is 15.3 Å². The van der Waals surface area contributed by atoms with Gasteiger partial charge in [0, 0.05) is 17.8 Å². The number of nitrogens with zero attached hydrogens (tertiary/aromatic N) is 2. The summed E-state index contributed by atoms with van der Waals surface area (Å²) in [4.78, 5) is 17.9. The van der Waals surface area contributed by atoms with Gasteiger partial charge in [-0.15, -0.1) is 11.3 Å². The number of benzene rings is 1. The maximum Gasteiger partial charge on any atom is 0.226 e. The average molecular weight is 325 g/mol. The number of carbonyl (C=O) groups is 1. The van der Waals surface area contributed by atoms with Crippen molar-refractivity contribution in [1.82, 2.24) is 14.7 Å². The van der Waals surface area contributed by atoms with E-state index in [1.54, 1.807) is 11.3 Å². The third-order valence-corrected chi connectivity index (χ3v) is 5.19. The number of amides is 1. The fourth-order valence-corrected chi connectivity index (χ4v) is 3.78. The SMILES string of the molecule is Cc1ccccc1C(NC(=O)Cc1cn2ccsc2n1)C1CC1. The van der Waals surface area contributed by atoms with Crippen LogP contribution in [0.1, 0.15) is 35.7 Å². The molecular formula is C18H19N3OS. The zero-order valence-corrected chi connectivity index (χ0v) is 13.8. The molecule has 1 aliphatic rings. The van der Waals surface area contributed by atoms with Crippen LogP contribution in [-0.2, 0) is 11.2 Å². The lowest BCUT2D eigenvalue weighted by atomic mass is 9.97. The number of carbonyl (C=O) groups excluding carboxylic acids is 1. The van der Waals surface area contributed by atoms with Crippen LogP contribution in [0.4, 0.5) is 0 Å². The van der Waals surface area contributed by atoms with Crippen LogP contribution in [0.15, 0.2) is 42.0 Å². The van der Waals surface area contributed by atoms with E-state index in [-0.39, 0.29) is 11.9 Å². The van der Waals surface area contributed by atoms with Crippen molar-refractivity contribution < 1.29 is 4.79 Å². The first-order chi connectivity index (χ1) is 11.2. The molecule has 4 rings (SSSR count). The second-order valence-electron chi connectivity index (χ2n) is 6.24.